The molecule has 0 radical (unpaired) electrons. The second kappa shape index (κ2) is 24.7. The minimum absolute atomic E-state index is 0.205. The van der Waals surface area contributed by atoms with Crippen LogP contribution in [0.3, 0.4) is 0 Å². The summed E-state index contributed by atoms with van der Waals surface area (Å²) in [6.07, 6.45) is 10.1. The zero-order valence-corrected chi connectivity index (χ0v) is 28.7. The monoisotopic (exact) mass is 659 g/mol. The van der Waals surface area contributed by atoms with Gasteiger partial charge in [-0.2, -0.15) is 0 Å². The van der Waals surface area contributed by atoms with Crippen molar-refractivity contribution in [2.24, 2.45) is 0 Å². The first-order valence-corrected chi connectivity index (χ1v) is 17.2. The van der Waals surface area contributed by atoms with Gasteiger partial charge in [-0.3, -0.25) is 9.59 Å². The van der Waals surface area contributed by atoms with E-state index in [2.05, 4.69) is 45.2 Å². The van der Waals surface area contributed by atoms with Gasteiger partial charge in [0.1, 0.15) is 23.4 Å². The van der Waals surface area contributed by atoms with Crippen LogP contribution in [0.15, 0.2) is 36.4 Å². The molecule has 2 saturated heterocycles. The number of aryl methyl sites for hydroxylation is 1. The highest BCUT2D eigenvalue weighted by Crippen LogP contribution is 2.34. The molecule has 2 aromatic rings. The number of methoxy groups -OCH3 is 1. The largest absolute Gasteiger partial charge is 0.496 e. The fourth-order valence-corrected chi connectivity index (χ4v) is 5.91. The number of piperazine rings is 1. The molecule has 0 bridgehead atoms. The van der Waals surface area contributed by atoms with Crippen LogP contribution >= 0.6 is 0 Å². The average molecular weight is 660 g/mol. The van der Waals surface area contributed by atoms with Gasteiger partial charge < -0.3 is 40.7 Å². The minimum atomic E-state index is -0.321. The van der Waals surface area contributed by atoms with Crippen molar-refractivity contribution in [3.05, 3.63) is 53.3 Å². The molecule has 2 heterocycles. The van der Waals surface area contributed by atoms with Gasteiger partial charge in [-0.15, -0.1) is 0 Å². The molecule has 264 valence electrons. The quantitative estimate of drug-likeness (QED) is 0.113. The number of benzene rings is 2. The predicted molar refractivity (Wildman–Crippen MR) is 187 cm³/mol. The topological polar surface area (TPSA) is 124 Å². The fraction of sp³-hybridized carbons (Fsp3) is 0.611. The molecular weight excluding hydrogens is 601 g/mol. The third kappa shape index (κ3) is 15.4. The number of halogens is 1. The Morgan fingerprint density at radius 1 is 0.915 bits per heavy atom. The van der Waals surface area contributed by atoms with E-state index in [9.17, 15) is 14.0 Å². The molecule has 0 saturated carbocycles. The summed E-state index contributed by atoms with van der Waals surface area (Å²) in [7, 11) is 2.69. The van der Waals surface area contributed by atoms with Crippen molar-refractivity contribution in [1.29, 1.82) is 0 Å². The molecule has 11 heteroatoms. The van der Waals surface area contributed by atoms with Gasteiger partial charge in [0.25, 0.3) is 0 Å². The Balaban J connectivity index is 0.000000983. The van der Waals surface area contributed by atoms with Crippen molar-refractivity contribution < 1.29 is 28.6 Å². The highest BCUT2D eigenvalue weighted by atomic mass is 19.1. The molecule has 2 aliphatic rings. The van der Waals surface area contributed by atoms with Gasteiger partial charge in [-0.1, -0.05) is 31.9 Å². The van der Waals surface area contributed by atoms with E-state index in [1.807, 2.05) is 12.1 Å². The third-order valence-electron chi connectivity index (χ3n) is 8.41. The van der Waals surface area contributed by atoms with E-state index in [1.165, 1.54) is 37.6 Å². The Labute approximate surface area is 281 Å². The lowest BCUT2D eigenvalue weighted by Crippen LogP contribution is -2.43. The lowest BCUT2D eigenvalue weighted by Gasteiger charge is -2.30. The van der Waals surface area contributed by atoms with Crippen molar-refractivity contribution >= 4 is 18.5 Å². The summed E-state index contributed by atoms with van der Waals surface area (Å²) in [5, 5.41) is 19.1. The van der Waals surface area contributed by atoms with Crippen LogP contribution in [-0.4, -0.2) is 90.6 Å². The van der Waals surface area contributed by atoms with Crippen LogP contribution in [0.5, 0.6) is 11.5 Å². The van der Waals surface area contributed by atoms with Crippen LogP contribution in [-0.2, 0) is 16.0 Å². The van der Waals surface area contributed by atoms with Crippen LogP contribution in [0, 0.1) is 5.82 Å². The molecule has 2 unspecified atom stereocenters. The number of anilines is 1. The first-order valence-electron chi connectivity index (χ1n) is 17.2. The summed E-state index contributed by atoms with van der Waals surface area (Å²) in [6.45, 7) is 9.14. The summed E-state index contributed by atoms with van der Waals surface area (Å²) >= 11 is 0. The van der Waals surface area contributed by atoms with Gasteiger partial charge in [0.2, 0.25) is 12.8 Å². The maximum atomic E-state index is 14.6. The van der Waals surface area contributed by atoms with Gasteiger partial charge in [-0.25, -0.2) is 4.39 Å². The fourth-order valence-electron chi connectivity index (χ4n) is 5.91. The molecule has 2 fully saturated rings. The molecule has 4 rings (SSSR count). The second-order valence-corrected chi connectivity index (χ2v) is 11.8. The van der Waals surface area contributed by atoms with E-state index in [1.54, 1.807) is 13.2 Å². The van der Waals surface area contributed by atoms with Gasteiger partial charge in [0, 0.05) is 70.6 Å². The standard InChI is InChI=1S/C31H45FN4O4.C4H9N.CH4O/c1-3-4-5-25(10-12-34-22-37)30-18-24(7-9-31(30)39-2)6-8-28(11-13-35-23-38)40-29-20-26(32)19-27(21-29)36-16-14-33-15-17-36;1-2-4-5-3-1;1-2/h7,9,18-23,25,28,33H,3-6,8,10-17H2,1-2H3,(H,34,37)(H,35,38);5H,1-4H2;2H,1H3. The van der Waals surface area contributed by atoms with Crippen LogP contribution < -0.4 is 35.6 Å². The average Bonchev–Trinajstić information content (AvgIpc) is 3.70. The van der Waals surface area contributed by atoms with Crippen molar-refractivity contribution in [3.63, 3.8) is 0 Å². The van der Waals surface area contributed by atoms with Crippen molar-refractivity contribution in [2.45, 2.75) is 76.7 Å². The van der Waals surface area contributed by atoms with Gasteiger partial charge in [0.05, 0.1) is 7.11 Å². The Morgan fingerprint density at radius 3 is 2.21 bits per heavy atom. The van der Waals surface area contributed by atoms with Gasteiger partial charge in [0.15, 0.2) is 0 Å². The summed E-state index contributed by atoms with van der Waals surface area (Å²) in [6, 6.07) is 11.2. The predicted octanol–water partition coefficient (Wildman–Crippen LogP) is 4.15. The van der Waals surface area contributed by atoms with Crippen LogP contribution in [0.2, 0.25) is 0 Å². The smallest absolute Gasteiger partial charge is 0.207 e. The lowest BCUT2D eigenvalue weighted by atomic mass is 9.88. The number of hydrogen-bond acceptors (Lipinski definition) is 8. The van der Waals surface area contributed by atoms with E-state index in [0.717, 1.165) is 88.8 Å². The number of aliphatic hydroxyl groups excluding tert-OH is 1. The van der Waals surface area contributed by atoms with Gasteiger partial charge >= 0.3 is 0 Å². The van der Waals surface area contributed by atoms with E-state index in [0.29, 0.717) is 38.1 Å². The number of ether oxygens (including phenoxy) is 2. The van der Waals surface area contributed by atoms with Crippen LogP contribution in [0.1, 0.15) is 75.3 Å². The Bertz CT molecular complexity index is 1120. The van der Waals surface area contributed by atoms with Crippen LogP contribution in [0.25, 0.3) is 0 Å². The molecule has 2 atom stereocenters. The normalized spacial score (nSPS) is 15.2. The first kappa shape index (κ1) is 39.8. The number of nitrogens with zero attached hydrogens (tertiary/aromatic N) is 1. The number of unbranched alkanes of at least 4 members (excludes halogenated alkanes) is 1. The number of aliphatic hydroxyl groups is 1. The van der Waals surface area contributed by atoms with Crippen molar-refractivity contribution in [1.82, 2.24) is 21.3 Å². The maximum absolute atomic E-state index is 14.6. The summed E-state index contributed by atoms with van der Waals surface area (Å²) < 4.78 is 26.6. The molecular formula is C36H58FN5O5. The molecule has 2 aromatic carbocycles. The van der Waals surface area contributed by atoms with E-state index >= 15 is 0 Å². The minimum Gasteiger partial charge on any atom is -0.496 e. The summed E-state index contributed by atoms with van der Waals surface area (Å²) in [5.74, 6) is 1.32. The molecule has 5 N–H and O–H groups in total. The zero-order chi connectivity index (χ0) is 34.1. The first-order chi connectivity index (χ1) is 23.1. The Morgan fingerprint density at radius 2 is 1.60 bits per heavy atom. The molecule has 0 spiro atoms. The maximum Gasteiger partial charge on any atom is 0.207 e. The van der Waals surface area contributed by atoms with Crippen LogP contribution in [0.4, 0.5) is 10.1 Å². The highest BCUT2D eigenvalue weighted by Gasteiger charge is 2.19. The van der Waals surface area contributed by atoms with Crippen molar-refractivity contribution in [3.8, 4) is 11.5 Å². The number of amides is 2. The number of carbonyl (C=O) groups excluding carboxylic acids is 2. The molecule has 47 heavy (non-hydrogen) atoms. The molecule has 2 aliphatic heterocycles. The Kier molecular flexibility index (Phi) is 20.9. The summed E-state index contributed by atoms with van der Waals surface area (Å²) in [5.41, 5.74) is 3.15. The van der Waals surface area contributed by atoms with E-state index < -0.39 is 0 Å². The third-order valence-corrected chi connectivity index (χ3v) is 8.41. The molecule has 0 aromatic heterocycles. The van der Waals surface area contributed by atoms with E-state index in [-0.39, 0.29) is 17.8 Å². The van der Waals surface area contributed by atoms with E-state index in [4.69, 9.17) is 14.6 Å². The second-order valence-electron chi connectivity index (χ2n) is 11.8. The zero-order valence-electron chi connectivity index (χ0n) is 28.7. The van der Waals surface area contributed by atoms with Crippen molar-refractivity contribution in [2.75, 3.05) is 71.5 Å². The number of nitrogens with one attached hydrogen (secondary N) is 4. The number of carbonyl (C=O) groups is 2. The molecule has 0 aliphatic carbocycles. The summed E-state index contributed by atoms with van der Waals surface area (Å²) in [4.78, 5) is 23.8. The number of rotatable bonds is 19. The molecule has 2 amide bonds. The van der Waals surface area contributed by atoms with Gasteiger partial charge in [-0.05, 0) is 80.8 Å². The number of hydrogen-bond donors (Lipinski definition) is 5. The highest BCUT2D eigenvalue weighted by molar-refractivity contribution is 5.52. The SMILES string of the molecule is C1CCNC1.CCCCC(CCNC=O)c1cc(CCC(CCNC=O)Oc2cc(F)cc(N3CCNCC3)c2)ccc1OC.CO. The Hall–Kier alpha value is -3.41. The molecule has 10 nitrogen and oxygen atoms in total. The lowest BCUT2D eigenvalue weighted by molar-refractivity contribution is -0.110.